The summed E-state index contributed by atoms with van der Waals surface area (Å²) in [5.41, 5.74) is 6.71. The van der Waals surface area contributed by atoms with Crippen LogP contribution in [0.25, 0.3) is 0 Å². The number of nitrogen functional groups attached to an aromatic ring is 1. The first kappa shape index (κ1) is 12.3. The topological polar surface area (TPSA) is 91.3 Å². The zero-order valence-electron chi connectivity index (χ0n) is 9.62. The van der Waals surface area contributed by atoms with Gasteiger partial charge in [-0.15, -0.1) is 11.3 Å². The van der Waals surface area contributed by atoms with Crippen molar-refractivity contribution < 1.29 is 9.66 Å². The van der Waals surface area contributed by atoms with Crippen molar-refractivity contribution in [3.05, 3.63) is 45.0 Å². The van der Waals surface area contributed by atoms with Crippen molar-refractivity contribution in [1.82, 2.24) is 4.98 Å². The maximum atomic E-state index is 11.0. The Balaban J connectivity index is 2.19. The molecule has 0 saturated heterocycles. The first-order valence-electron chi connectivity index (χ1n) is 5.14. The molecule has 0 fully saturated rings. The predicted molar refractivity (Wildman–Crippen MR) is 68.7 cm³/mol. The second-order valence-corrected chi connectivity index (χ2v) is 4.53. The Hall–Kier alpha value is -2.15. The zero-order chi connectivity index (χ0) is 13.1. The molecule has 0 radical (unpaired) electrons. The van der Waals surface area contributed by atoms with Crippen LogP contribution in [0.4, 0.5) is 10.8 Å². The molecule has 0 unspecified atom stereocenters. The van der Waals surface area contributed by atoms with Gasteiger partial charge >= 0.3 is 5.69 Å². The molecule has 0 aliphatic rings. The third-order valence-electron chi connectivity index (χ3n) is 2.33. The van der Waals surface area contributed by atoms with E-state index >= 15 is 0 Å². The SMILES string of the molecule is Cc1cccc(OCc2csc(N)n2)c1[N+](=O)[O-]. The van der Waals surface area contributed by atoms with Gasteiger partial charge < -0.3 is 10.5 Å². The van der Waals surface area contributed by atoms with Crippen molar-refractivity contribution in [3.8, 4) is 5.75 Å². The molecule has 6 nitrogen and oxygen atoms in total. The van der Waals surface area contributed by atoms with Crippen LogP contribution in [-0.2, 0) is 6.61 Å². The summed E-state index contributed by atoms with van der Waals surface area (Å²) in [5.74, 6) is 0.242. The van der Waals surface area contributed by atoms with Gasteiger partial charge in [0.15, 0.2) is 10.9 Å². The Morgan fingerprint density at radius 1 is 1.56 bits per heavy atom. The molecular formula is C11H11N3O3S. The highest BCUT2D eigenvalue weighted by molar-refractivity contribution is 7.13. The fraction of sp³-hybridized carbons (Fsp3) is 0.182. The van der Waals surface area contributed by atoms with Crippen LogP contribution in [0.3, 0.4) is 0 Å². The number of aromatic nitrogens is 1. The zero-order valence-corrected chi connectivity index (χ0v) is 10.4. The van der Waals surface area contributed by atoms with E-state index in [0.29, 0.717) is 16.4 Å². The maximum absolute atomic E-state index is 11.0. The third kappa shape index (κ3) is 2.57. The molecule has 0 bridgehead atoms. The van der Waals surface area contributed by atoms with E-state index in [9.17, 15) is 10.1 Å². The minimum absolute atomic E-state index is 0.0132. The number of rotatable bonds is 4. The summed E-state index contributed by atoms with van der Waals surface area (Å²) >= 11 is 1.31. The van der Waals surface area contributed by atoms with E-state index in [2.05, 4.69) is 4.98 Å². The molecule has 2 rings (SSSR count). The maximum Gasteiger partial charge on any atom is 0.313 e. The van der Waals surface area contributed by atoms with Crippen LogP contribution in [0, 0.1) is 17.0 Å². The summed E-state index contributed by atoms with van der Waals surface area (Å²) < 4.78 is 5.43. The highest BCUT2D eigenvalue weighted by Crippen LogP contribution is 2.30. The number of nitrogens with zero attached hydrogens (tertiary/aromatic N) is 2. The standard InChI is InChI=1S/C11H11N3O3S/c1-7-3-2-4-9(10(7)14(15)16)17-5-8-6-18-11(12)13-8/h2-4,6H,5H2,1H3,(H2,12,13). The van der Waals surface area contributed by atoms with E-state index in [-0.39, 0.29) is 18.0 Å². The Labute approximate surface area is 107 Å². The predicted octanol–water partition coefficient (Wildman–Crippen LogP) is 2.52. The molecule has 94 valence electrons. The number of aryl methyl sites for hydroxylation is 1. The summed E-state index contributed by atoms with van der Waals surface area (Å²) in [4.78, 5) is 14.5. The van der Waals surface area contributed by atoms with Crippen LogP contribution in [0.1, 0.15) is 11.3 Å². The molecule has 0 amide bonds. The van der Waals surface area contributed by atoms with Crippen molar-refractivity contribution in [2.75, 3.05) is 5.73 Å². The van der Waals surface area contributed by atoms with Gasteiger partial charge in [0.25, 0.3) is 0 Å². The largest absolute Gasteiger partial charge is 0.480 e. The molecule has 1 aromatic heterocycles. The number of hydrogen-bond donors (Lipinski definition) is 1. The van der Waals surface area contributed by atoms with Gasteiger partial charge in [-0.05, 0) is 13.0 Å². The smallest absolute Gasteiger partial charge is 0.313 e. The lowest BCUT2D eigenvalue weighted by atomic mass is 10.2. The van der Waals surface area contributed by atoms with Gasteiger partial charge in [-0.1, -0.05) is 12.1 Å². The average Bonchev–Trinajstić information content (AvgIpc) is 2.72. The molecule has 0 atom stereocenters. The Bertz CT molecular complexity index is 583. The summed E-state index contributed by atoms with van der Waals surface area (Å²) in [5, 5.41) is 13.2. The summed E-state index contributed by atoms with van der Waals surface area (Å²) in [6.07, 6.45) is 0. The molecular weight excluding hydrogens is 254 g/mol. The number of para-hydroxylation sites is 1. The Morgan fingerprint density at radius 2 is 2.33 bits per heavy atom. The number of benzene rings is 1. The van der Waals surface area contributed by atoms with Gasteiger partial charge in [-0.3, -0.25) is 10.1 Å². The highest BCUT2D eigenvalue weighted by Gasteiger charge is 2.18. The first-order valence-corrected chi connectivity index (χ1v) is 6.02. The molecule has 7 heteroatoms. The van der Waals surface area contributed by atoms with Gasteiger partial charge in [0.05, 0.1) is 10.6 Å². The fourth-order valence-corrected chi connectivity index (χ4v) is 2.07. The molecule has 0 aliphatic heterocycles. The molecule has 2 aromatic rings. The van der Waals surface area contributed by atoms with E-state index in [0.717, 1.165) is 0 Å². The van der Waals surface area contributed by atoms with Crippen LogP contribution in [-0.4, -0.2) is 9.91 Å². The lowest BCUT2D eigenvalue weighted by Crippen LogP contribution is -2.01. The quantitative estimate of drug-likeness (QED) is 0.677. The van der Waals surface area contributed by atoms with Gasteiger partial charge in [0, 0.05) is 10.9 Å². The van der Waals surface area contributed by atoms with Crippen LogP contribution in [0.5, 0.6) is 5.75 Å². The van der Waals surface area contributed by atoms with E-state index in [1.165, 1.54) is 11.3 Å². The molecule has 0 aliphatic carbocycles. The van der Waals surface area contributed by atoms with E-state index in [1.807, 2.05) is 0 Å². The third-order valence-corrected chi connectivity index (χ3v) is 3.05. The van der Waals surface area contributed by atoms with Crippen molar-refractivity contribution in [1.29, 1.82) is 0 Å². The molecule has 2 N–H and O–H groups in total. The average molecular weight is 265 g/mol. The molecule has 0 saturated carbocycles. The number of nitro benzene ring substituents is 1. The van der Waals surface area contributed by atoms with Crippen LogP contribution >= 0.6 is 11.3 Å². The van der Waals surface area contributed by atoms with Crippen molar-refractivity contribution in [3.63, 3.8) is 0 Å². The second kappa shape index (κ2) is 5.01. The van der Waals surface area contributed by atoms with Gasteiger partial charge in [-0.25, -0.2) is 4.98 Å². The first-order chi connectivity index (χ1) is 8.58. The van der Waals surface area contributed by atoms with Crippen molar-refractivity contribution in [2.45, 2.75) is 13.5 Å². The molecule has 0 spiro atoms. The summed E-state index contributed by atoms with van der Waals surface area (Å²) in [7, 11) is 0. The minimum atomic E-state index is -0.444. The number of hydrogen-bond acceptors (Lipinski definition) is 6. The normalized spacial score (nSPS) is 10.3. The van der Waals surface area contributed by atoms with Crippen LogP contribution < -0.4 is 10.5 Å². The lowest BCUT2D eigenvalue weighted by Gasteiger charge is -2.06. The number of anilines is 1. The monoisotopic (exact) mass is 265 g/mol. The van der Waals surface area contributed by atoms with Crippen LogP contribution in [0.2, 0.25) is 0 Å². The van der Waals surface area contributed by atoms with Crippen molar-refractivity contribution in [2.24, 2.45) is 0 Å². The van der Waals surface area contributed by atoms with Crippen LogP contribution in [0.15, 0.2) is 23.6 Å². The second-order valence-electron chi connectivity index (χ2n) is 3.64. The lowest BCUT2D eigenvalue weighted by molar-refractivity contribution is -0.386. The number of ether oxygens (including phenoxy) is 1. The molecule has 18 heavy (non-hydrogen) atoms. The van der Waals surface area contributed by atoms with Gasteiger partial charge in [0.1, 0.15) is 6.61 Å². The summed E-state index contributed by atoms with van der Waals surface area (Å²) in [6.45, 7) is 1.84. The molecule has 1 aromatic carbocycles. The summed E-state index contributed by atoms with van der Waals surface area (Å²) in [6, 6.07) is 4.96. The minimum Gasteiger partial charge on any atom is -0.480 e. The highest BCUT2D eigenvalue weighted by atomic mass is 32.1. The number of nitro groups is 1. The number of thiazole rings is 1. The van der Waals surface area contributed by atoms with Crippen molar-refractivity contribution >= 4 is 22.2 Å². The Morgan fingerprint density at radius 3 is 2.94 bits per heavy atom. The van der Waals surface area contributed by atoms with E-state index < -0.39 is 4.92 Å². The number of nitrogens with two attached hydrogens (primary N) is 1. The molecule has 1 heterocycles. The van der Waals surface area contributed by atoms with E-state index in [4.69, 9.17) is 10.5 Å². The van der Waals surface area contributed by atoms with Gasteiger partial charge in [-0.2, -0.15) is 0 Å². The van der Waals surface area contributed by atoms with Gasteiger partial charge in [0.2, 0.25) is 0 Å². The Kier molecular flexibility index (Phi) is 3.42. The fourth-order valence-electron chi connectivity index (χ4n) is 1.52. The van der Waals surface area contributed by atoms with E-state index in [1.54, 1.807) is 30.5 Å².